The van der Waals surface area contributed by atoms with Gasteiger partial charge in [0, 0.05) is 24.6 Å². The molecule has 142 valence electrons. The summed E-state index contributed by atoms with van der Waals surface area (Å²) in [6, 6.07) is 6.44. The molecule has 0 radical (unpaired) electrons. The third-order valence-electron chi connectivity index (χ3n) is 3.65. The van der Waals surface area contributed by atoms with Crippen molar-refractivity contribution in [1.29, 1.82) is 0 Å². The first kappa shape index (κ1) is 19.8. The number of ether oxygens (including phenoxy) is 1. The van der Waals surface area contributed by atoms with Crippen molar-refractivity contribution < 1.29 is 19.1 Å². The van der Waals surface area contributed by atoms with E-state index in [4.69, 9.17) is 4.74 Å². The van der Waals surface area contributed by atoms with Crippen LogP contribution in [-0.4, -0.2) is 41.0 Å². The fourth-order valence-electron chi connectivity index (χ4n) is 2.09. The van der Waals surface area contributed by atoms with Crippen LogP contribution in [0.5, 0.6) is 0 Å². The van der Waals surface area contributed by atoms with Gasteiger partial charge < -0.3 is 15.4 Å². The molecule has 9 nitrogen and oxygen atoms in total. The number of aryl methyl sites for hydroxylation is 1. The third-order valence-corrected chi connectivity index (χ3v) is 3.65. The lowest BCUT2D eigenvalue weighted by Crippen LogP contribution is -2.37. The lowest BCUT2D eigenvalue weighted by molar-refractivity contribution is -0.148. The minimum atomic E-state index is -0.717. The van der Waals surface area contributed by atoms with Crippen molar-refractivity contribution in [1.82, 2.24) is 15.3 Å². The molecule has 0 fully saturated rings. The highest BCUT2D eigenvalue weighted by molar-refractivity contribution is 6.02. The van der Waals surface area contributed by atoms with Crippen LogP contribution in [0, 0.1) is 13.8 Å². The normalized spacial score (nSPS) is 10.0. The molecule has 2 aromatic rings. The number of anilines is 2. The summed E-state index contributed by atoms with van der Waals surface area (Å²) in [6.45, 7) is 3.50. The predicted octanol–water partition coefficient (Wildman–Crippen LogP) is 1.79. The van der Waals surface area contributed by atoms with Crippen molar-refractivity contribution in [3.8, 4) is 0 Å². The number of carbonyl (C=O) groups is 3. The summed E-state index contributed by atoms with van der Waals surface area (Å²) in [5.41, 5.74) is 2.52. The van der Waals surface area contributed by atoms with E-state index in [1.165, 1.54) is 0 Å². The number of urea groups is 1. The van der Waals surface area contributed by atoms with Gasteiger partial charge in [0.05, 0.1) is 6.42 Å². The second-order valence-corrected chi connectivity index (χ2v) is 5.66. The molecule has 0 aliphatic carbocycles. The van der Waals surface area contributed by atoms with Crippen molar-refractivity contribution in [2.75, 3.05) is 23.8 Å². The first-order chi connectivity index (χ1) is 13.0. The van der Waals surface area contributed by atoms with Gasteiger partial charge in [-0.1, -0.05) is 12.1 Å². The zero-order valence-electron chi connectivity index (χ0n) is 15.1. The quantitative estimate of drug-likeness (QED) is 0.634. The highest BCUT2D eigenvalue weighted by Crippen LogP contribution is 2.17. The molecule has 1 aromatic carbocycles. The van der Waals surface area contributed by atoms with E-state index in [0.717, 1.165) is 11.1 Å². The molecule has 3 amide bonds. The predicted molar refractivity (Wildman–Crippen MR) is 99.2 cm³/mol. The van der Waals surface area contributed by atoms with Gasteiger partial charge in [-0.15, -0.1) is 0 Å². The zero-order valence-corrected chi connectivity index (χ0v) is 15.1. The summed E-state index contributed by atoms with van der Waals surface area (Å²) in [7, 11) is 0. The van der Waals surface area contributed by atoms with Crippen LogP contribution in [-0.2, 0) is 14.3 Å². The zero-order chi connectivity index (χ0) is 19.6. The summed E-state index contributed by atoms with van der Waals surface area (Å²) in [4.78, 5) is 43.1. The van der Waals surface area contributed by atoms with Crippen LogP contribution in [0.2, 0.25) is 0 Å². The summed E-state index contributed by atoms with van der Waals surface area (Å²) < 4.78 is 4.82. The maximum atomic E-state index is 11.9. The number of hydrogen-bond acceptors (Lipinski definition) is 7. The molecule has 0 aliphatic rings. The molecule has 0 spiro atoms. The molecular formula is C18H21N5O4. The number of rotatable bonds is 7. The topological polar surface area (TPSA) is 122 Å². The van der Waals surface area contributed by atoms with E-state index in [9.17, 15) is 14.4 Å². The maximum Gasteiger partial charge on any atom is 0.325 e. The minimum Gasteiger partial charge on any atom is -0.456 e. The Morgan fingerprint density at radius 3 is 2.56 bits per heavy atom. The van der Waals surface area contributed by atoms with Gasteiger partial charge in [-0.25, -0.2) is 14.8 Å². The Hall–Kier alpha value is -3.49. The fourth-order valence-corrected chi connectivity index (χ4v) is 2.09. The number of nitrogens with one attached hydrogen (secondary N) is 3. The van der Waals surface area contributed by atoms with Crippen LogP contribution < -0.4 is 16.0 Å². The van der Waals surface area contributed by atoms with E-state index in [1.807, 2.05) is 19.9 Å². The van der Waals surface area contributed by atoms with Gasteiger partial charge in [-0.3, -0.25) is 14.9 Å². The van der Waals surface area contributed by atoms with Gasteiger partial charge in [-0.2, -0.15) is 0 Å². The second kappa shape index (κ2) is 9.85. The molecule has 0 unspecified atom stereocenters. The summed E-state index contributed by atoms with van der Waals surface area (Å²) in [5.74, 6) is -0.903. The van der Waals surface area contributed by atoms with Gasteiger partial charge in [0.25, 0.3) is 5.91 Å². The van der Waals surface area contributed by atoms with Crippen LogP contribution in [0.3, 0.4) is 0 Å². The van der Waals surface area contributed by atoms with E-state index in [1.54, 1.807) is 30.6 Å². The summed E-state index contributed by atoms with van der Waals surface area (Å²) >= 11 is 0. The van der Waals surface area contributed by atoms with Crippen molar-refractivity contribution >= 4 is 29.5 Å². The Morgan fingerprint density at radius 2 is 1.81 bits per heavy atom. The maximum absolute atomic E-state index is 11.9. The number of aromatic nitrogens is 2. The molecule has 0 atom stereocenters. The van der Waals surface area contributed by atoms with Crippen LogP contribution in [0.1, 0.15) is 17.5 Å². The molecule has 9 heteroatoms. The van der Waals surface area contributed by atoms with Crippen LogP contribution >= 0.6 is 0 Å². The highest BCUT2D eigenvalue weighted by Gasteiger charge is 2.12. The SMILES string of the molecule is Cc1cccc(NC(=O)NC(=O)COC(=O)CCNc2ncccn2)c1C. The van der Waals surface area contributed by atoms with E-state index in [0.29, 0.717) is 11.6 Å². The van der Waals surface area contributed by atoms with Gasteiger partial charge in [0.2, 0.25) is 5.95 Å². The van der Waals surface area contributed by atoms with Crippen LogP contribution in [0.25, 0.3) is 0 Å². The van der Waals surface area contributed by atoms with E-state index >= 15 is 0 Å². The average Bonchev–Trinajstić information content (AvgIpc) is 2.64. The molecule has 0 bridgehead atoms. The molecule has 0 saturated carbocycles. The summed E-state index contributed by atoms with van der Waals surface area (Å²) in [6.07, 6.45) is 3.17. The van der Waals surface area contributed by atoms with E-state index in [-0.39, 0.29) is 13.0 Å². The van der Waals surface area contributed by atoms with E-state index in [2.05, 4.69) is 25.9 Å². The Labute approximate surface area is 156 Å². The minimum absolute atomic E-state index is 0.0280. The molecule has 27 heavy (non-hydrogen) atoms. The van der Waals surface area contributed by atoms with Crippen LogP contribution in [0.15, 0.2) is 36.7 Å². The average molecular weight is 371 g/mol. The Morgan fingerprint density at radius 1 is 1.07 bits per heavy atom. The number of esters is 1. The number of imide groups is 1. The number of nitrogens with zero attached hydrogens (tertiary/aromatic N) is 2. The number of benzene rings is 1. The second-order valence-electron chi connectivity index (χ2n) is 5.66. The van der Waals surface area contributed by atoms with Crippen molar-refractivity contribution in [2.45, 2.75) is 20.3 Å². The van der Waals surface area contributed by atoms with Crippen molar-refractivity contribution in [3.63, 3.8) is 0 Å². The smallest absolute Gasteiger partial charge is 0.325 e. The molecule has 0 saturated heterocycles. The largest absolute Gasteiger partial charge is 0.456 e. The summed E-state index contributed by atoms with van der Waals surface area (Å²) in [5, 5.41) is 7.54. The monoisotopic (exact) mass is 371 g/mol. The van der Waals surface area contributed by atoms with Crippen molar-refractivity contribution in [3.05, 3.63) is 47.8 Å². The van der Waals surface area contributed by atoms with Crippen LogP contribution in [0.4, 0.5) is 16.4 Å². The van der Waals surface area contributed by atoms with Gasteiger partial charge in [-0.05, 0) is 37.1 Å². The Bertz CT molecular complexity index is 811. The number of hydrogen-bond donors (Lipinski definition) is 3. The standard InChI is InChI=1S/C18H21N5O4/c1-12-5-3-6-14(13(12)2)22-18(26)23-15(24)11-27-16(25)7-10-21-17-19-8-4-9-20-17/h3-6,8-9H,7,10-11H2,1-2H3,(H,19,20,21)(H2,22,23,24,26). The van der Waals surface area contributed by atoms with Gasteiger partial charge in [0.15, 0.2) is 6.61 Å². The van der Waals surface area contributed by atoms with E-state index < -0.39 is 24.5 Å². The molecule has 1 heterocycles. The van der Waals surface area contributed by atoms with Gasteiger partial charge >= 0.3 is 12.0 Å². The third kappa shape index (κ3) is 6.73. The molecular weight excluding hydrogens is 350 g/mol. The van der Waals surface area contributed by atoms with Gasteiger partial charge in [0.1, 0.15) is 0 Å². The molecule has 1 aromatic heterocycles. The lowest BCUT2D eigenvalue weighted by atomic mass is 10.1. The first-order valence-electron chi connectivity index (χ1n) is 8.29. The molecule has 3 N–H and O–H groups in total. The number of carbonyl (C=O) groups excluding carboxylic acids is 3. The number of amides is 3. The fraction of sp³-hybridized carbons (Fsp3) is 0.278. The Kier molecular flexibility index (Phi) is 7.24. The highest BCUT2D eigenvalue weighted by atomic mass is 16.5. The lowest BCUT2D eigenvalue weighted by Gasteiger charge is -2.11. The Balaban J connectivity index is 1.66. The first-order valence-corrected chi connectivity index (χ1v) is 8.29. The van der Waals surface area contributed by atoms with Crippen molar-refractivity contribution in [2.24, 2.45) is 0 Å². The molecule has 2 rings (SSSR count). The molecule has 0 aliphatic heterocycles.